The highest BCUT2D eigenvalue weighted by molar-refractivity contribution is 5.17. The molecule has 2 atom stereocenters. The molecule has 0 bridgehead atoms. The lowest BCUT2D eigenvalue weighted by Gasteiger charge is -2.20. The van der Waals surface area contributed by atoms with E-state index >= 15 is 0 Å². The highest BCUT2D eigenvalue weighted by atomic mass is 79.9. The van der Waals surface area contributed by atoms with Crippen LogP contribution in [0.15, 0.2) is 60.9 Å². The quantitative estimate of drug-likeness (QED) is 0.564. The van der Waals surface area contributed by atoms with Gasteiger partial charge in [0.15, 0.2) is 18.9 Å². The van der Waals surface area contributed by atoms with E-state index in [0.717, 1.165) is 13.2 Å². The van der Waals surface area contributed by atoms with Crippen LogP contribution in [0.25, 0.3) is 0 Å². The molecule has 2 rings (SSSR count). The van der Waals surface area contributed by atoms with E-state index in [1.54, 1.807) is 0 Å². The lowest BCUT2D eigenvalue weighted by Crippen LogP contribution is -3.00. The number of hydrogen-bond donors (Lipinski definition) is 0. The van der Waals surface area contributed by atoms with Crippen molar-refractivity contribution in [2.75, 3.05) is 6.61 Å². The normalized spacial score (nSPS) is 13.1. The molecular weight excluding hydrogens is 362 g/mol. The molecule has 2 unspecified atom stereocenters. The highest BCUT2D eigenvalue weighted by Gasteiger charge is 2.19. The van der Waals surface area contributed by atoms with Crippen molar-refractivity contribution in [2.24, 2.45) is 5.92 Å². The third kappa shape index (κ3) is 7.14. The van der Waals surface area contributed by atoms with E-state index in [0.29, 0.717) is 5.92 Å². The lowest BCUT2D eigenvalue weighted by molar-refractivity contribution is -0.705. The number of hydrogen-bond acceptors (Lipinski definition) is 1. The lowest BCUT2D eigenvalue weighted by atomic mass is 10.0. The van der Waals surface area contributed by atoms with Crippen LogP contribution in [-0.4, -0.2) is 6.61 Å². The molecule has 0 spiro atoms. The molecule has 0 fully saturated rings. The Bertz CT molecular complexity index is 532. The van der Waals surface area contributed by atoms with Gasteiger partial charge in [0.25, 0.3) is 0 Å². The van der Waals surface area contributed by atoms with E-state index in [2.05, 4.69) is 73.3 Å². The van der Waals surface area contributed by atoms with E-state index in [9.17, 15) is 0 Å². The second-order valence-corrected chi connectivity index (χ2v) is 6.22. The summed E-state index contributed by atoms with van der Waals surface area (Å²) >= 11 is 0. The van der Waals surface area contributed by atoms with E-state index in [1.807, 2.05) is 6.07 Å². The Morgan fingerprint density at radius 1 is 0.958 bits per heavy atom. The fourth-order valence-corrected chi connectivity index (χ4v) is 2.82. The van der Waals surface area contributed by atoms with Crippen LogP contribution >= 0.6 is 0 Å². The van der Waals surface area contributed by atoms with Crippen molar-refractivity contribution in [3.63, 3.8) is 0 Å². The highest BCUT2D eigenvalue weighted by Crippen LogP contribution is 2.21. The van der Waals surface area contributed by atoms with Crippen LogP contribution in [0.5, 0.6) is 0 Å². The zero-order chi connectivity index (χ0) is 16.3. The summed E-state index contributed by atoms with van der Waals surface area (Å²) < 4.78 is 8.56. The smallest absolute Gasteiger partial charge is 0.178 e. The topological polar surface area (TPSA) is 13.1 Å². The van der Waals surface area contributed by atoms with Crippen LogP contribution in [0.3, 0.4) is 0 Å². The SMILES string of the molecule is CCCCC(CC)COC(C[n+]1ccccc1)c1ccccc1.[Br-]. The molecule has 1 aromatic carbocycles. The minimum atomic E-state index is 0. The number of aromatic nitrogens is 1. The molecule has 24 heavy (non-hydrogen) atoms. The third-order valence-corrected chi connectivity index (χ3v) is 4.40. The minimum absolute atomic E-state index is 0. The number of pyridine rings is 1. The summed E-state index contributed by atoms with van der Waals surface area (Å²) in [4.78, 5) is 0. The Hall–Kier alpha value is -1.19. The first-order chi connectivity index (χ1) is 11.3. The molecule has 2 aromatic rings. The maximum atomic E-state index is 6.36. The number of halogens is 1. The maximum absolute atomic E-state index is 6.36. The van der Waals surface area contributed by atoms with E-state index in [-0.39, 0.29) is 23.1 Å². The van der Waals surface area contributed by atoms with Gasteiger partial charge in [0.1, 0.15) is 6.10 Å². The van der Waals surface area contributed by atoms with Crippen molar-refractivity contribution < 1.29 is 26.3 Å². The summed E-state index contributed by atoms with van der Waals surface area (Å²) in [6.07, 6.45) is 9.34. The first kappa shape index (κ1) is 20.9. The van der Waals surface area contributed by atoms with Crippen molar-refractivity contribution in [3.8, 4) is 0 Å². The molecule has 0 amide bonds. The minimum Gasteiger partial charge on any atom is -1.00 e. The fourth-order valence-electron chi connectivity index (χ4n) is 2.82. The van der Waals surface area contributed by atoms with Crippen LogP contribution in [0, 0.1) is 5.92 Å². The average Bonchev–Trinajstić information content (AvgIpc) is 2.62. The molecule has 0 radical (unpaired) electrons. The van der Waals surface area contributed by atoms with Crippen LogP contribution < -0.4 is 21.5 Å². The summed E-state index contributed by atoms with van der Waals surface area (Å²) in [5.74, 6) is 0.668. The molecule has 0 aliphatic heterocycles. The Morgan fingerprint density at radius 3 is 2.25 bits per heavy atom. The Morgan fingerprint density at radius 2 is 1.62 bits per heavy atom. The summed E-state index contributed by atoms with van der Waals surface area (Å²) in [6, 6.07) is 16.8. The summed E-state index contributed by atoms with van der Waals surface area (Å²) in [5.41, 5.74) is 1.26. The monoisotopic (exact) mass is 391 g/mol. The number of nitrogens with zero attached hydrogens (tertiary/aromatic N) is 1. The molecule has 0 saturated carbocycles. The number of unbranched alkanes of at least 4 members (excludes halogenated alkanes) is 1. The zero-order valence-corrected chi connectivity index (χ0v) is 16.5. The van der Waals surface area contributed by atoms with Gasteiger partial charge in [-0.2, -0.15) is 0 Å². The van der Waals surface area contributed by atoms with Crippen LogP contribution in [0.1, 0.15) is 51.2 Å². The molecule has 132 valence electrons. The van der Waals surface area contributed by atoms with Crippen LogP contribution in [-0.2, 0) is 11.3 Å². The maximum Gasteiger partial charge on any atom is 0.178 e. The molecule has 0 aliphatic rings. The van der Waals surface area contributed by atoms with Gasteiger partial charge < -0.3 is 21.7 Å². The van der Waals surface area contributed by atoms with Gasteiger partial charge in [0, 0.05) is 12.1 Å². The van der Waals surface area contributed by atoms with Crippen molar-refractivity contribution >= 4 is 0 Å². The predicted octanol–water partition coefficient (Wildman–Crippen LogP) is 1.95. The van der Waals surface area contributed by atoms with Gasteiger partial charge in [-0.3, -0.25) is 0 Å². The molecular formula is C21H30BrNO. The molecule has 0 aliphatic carbocycles. The van der Waals surface area contributed by atoms with Gasteiger partial charge in [-0.1, -0.05) is 69.5 Å². The Kier molecular flexibility index (Phi) is 10.6. The first-order valence-electron chi connectivity index (χ1n) is 8.94. The molecule has 3 heteroatoms. The second-order valence-electron chi connectivity index (χ2n) is 6.22. The van der Waals surface area contributed by atoms with E-state index in [4.69, 9.17) is 4.74 Å². The second kappa shape index (κ2) is 12.2. The van der Waals surface area contributed by atoms with Crippen LogP contribution in [0.2, 0.25) is 0 Å². The van der Waals surface area contributed by atoms with Gasteiger partial charge >= 0.3 is 0 Å². The van der Waals surface area contributed by atoms with Gasteiger partial charge in [0.2, 0.25) is 0 Å². The van der Waals surface area contributed by atoms with Crippen molar-refractivity contribution in [1.29, 1.82) is 0 Å². The summed E-state index contributed by atoms with van der Waals surface area (Å²) in [5, 5.41) is 0. The standard InChI is InChI=1S/C21H30NO.BrH/c1-3-5-12-19(4-2)18-23-21(20-13-8-6-9-14-20)17-22-15-10-7-11-16-22;/h6-11,13-16,19,21H,3-5,12,17-18H2,1-2H3;1H/q+1;/p-1. The molecule has 1 aromatic heterocycles. The molecule has 0 N–H and O–H groups in total. The first-order valence-corrected chi connectivity index (χ1v) is 8.94. The third-order valence-electron chi connectivity index (χ3n) is 4.40. The predicted molar refractivity (Wildman–Crippen MR) is 95.1 cm³/mol. The Balaban J connectivity index is 0.00000288. The van der Waals surface area contributed by atoms with Gasteiger partial charge in [0.05, 0.1) is 6.61 Å². The van der Waals surface area contributed by atoms with Crippen LogP contribution in [0.4, 0.5) is 0 Å². The number of benzene rings is 1. The van der Waals surface area contributed by atoms with Gasteiger partial charge in [-0.25, -0.2) is 4.57 Å². The molecule has 0 saturated heterocycles. The van der Waals surface area contributed by atoms with Crippen molar-refractivity contribution in [2.45, 2.75) is 52.2 Å². The van der Waals surface area contributed by atoms with Crippen molar-refractivity contribution in [1.82, 2.24) is 0 Å². The number of ether oxygens (including phenoxy) is 1. The van der Waals surface area contributed by atoms with E-state index < -0.39 is 0 Å². The average molecular weight is 392 g/mol. The van der Waals surface area contributed by atoms with Gasteiger partial charge in [-0.15, -0.1) is 0 Å². The largest absolute Gasteiger partial charge is 1.00 e. The molecule has 2 nitrogen and oxygen atoms in total. The van der Waals surface area contributed by atoms with Crippen molar-refractivity contribution in [3.05, 3.63) is 66.5 Å². The number of rotatable bonds is 10. The fraction of sp³-hybridized carbons (Fsp3) is 0.476. The summed E-state index contributed by atoms with van der Waals surface area (Å²) in [7, 11) is 0. The zero-order valence-electron chi connectivity index (χ0n) is 14.9. The Labute approximate surface area is 157 Å². The molecule has 1 heterocycles. The van der Waals surface area contributed by atoms with E-state index in [1.165, 1.54) is 31.2 Å². The van der Waals surface area contributed by atoms with Gasteiger partial charge in [-0.05, 0) is 17.9 Å². The summed E-state index contributed by atoms with van der Waals surface area (Å²) in [6.45, 7) is 6.23.